The van der Waals surface area contributed by atoms with Crippen LogP contribution in [0.5, 0.6) is 0 Å². The van der Waals surface area contributed by atoms with E-state index in [1.54, 1.807) is 0 Å². The lowest BCUT2D eigenvalue weighted by Crippen LogP contribution is -2.45. The van der Waals surface area contributed by atoms with Gasteiger partial charge in [-0.3, -0.25) is 4.79 Å². The van der Waals surface area contributed by atoms with Crippen LogP contribution in [0.3, 0.4) is 0 Å². The molecule has 0 aromatic rings. The average molecular weight is 190 g/mol. The molecule has 9 atom stereocenters. The summed E-state index contributed by atoms with van der Waals surface area (Å²) < 4.78 is 0. The zero-order valence-corrected chi connectivity index (χ0v) is 7.97. The standard InChI is InChI=1S/C12H14O2/c13-12(14)11-8-4-2-5-7-3(4)1-6(8)9(7)10(5)11/h3-11H,1-2H2,(H,13,14)/t3-,4+,5+,6+,7-,8+,9-,10-,11+/m0/s1. The Labute approximate surface area is 82.7 Å². The molecule has 0 heterocycles. The minimum Gasteiger partial charge on any atom is -0.481 e. The van der Waals surface area contributed by atoms with E-state index in [4.69, 9.17) is 0 Å². The molecule has 0 aliphatic heterocycles. The van der Waals surface area contributed by atoms with E-state index in [-0.39, 0.29) is 5.92 Å². The topological polar surface area (TPSA) is 37.3 Å². The van der Waals surface area contributed by atoms with E-state index in [0.29, 0.717) is 11.8 Å². The molecule has 5 rings (SSSR count). The van der Waals surface area contributed by atoms with Gasteiger partial charge in [-0.15, -0.1) is 0 Å². The van der Waals surface area contributed by atoms with Crippen LogP contribution in [0.1, 0.15) is 12.8 Å². The maximum atomic E-state index is 11.3. The molecule has 0 saturated heterocycles. The van der Waals surface area contributed by atoms with Gasteiger partial charge in [-0.05, 0) is 60.2 Å². The van der Waals surface area contributed by atoms with Crippen LogP contribution >= 0.6 is 0 Å². The van der Waals surface area contributed by atoms with Gasteiger partial charge in [0.2, 0.25) is 0 Å². The molecule has 0 aromatic carbocycles. The predicted molar refractivity (Wildman–Crippen MR) is 48.3 cm³/mol. The van der Waals surface area contributed by atoms with Crippen LogP contribution in [0.2, 0.25) is 0 Å². The Kier molecular flexibility index (Phi) is 0.812. The fourth-order valence-electron chi connectivity index (χ4n) is 6.80. The Bertz CT molecular complexity index is 357. The first kappa shape index (κ1) is 6.86. The molecule has 2 heteroatoms. The van der Waals surface area contributed by atoms with Crippen molar-refractivity contribution in [1.82, 2.24) is 0 Å². The summed E-state index contributed by atoms with van der Waals surface area (Å²) in [6.45, 7) is 0. The zero-order chi connectivity index (χ0) is 9.19. The van der Waals surface area contributed by atoms with E-state index in [1.807, 2.05) is 0 Å². The second-order valence-corrected chi connectivity index (χ2v) is 6.30. The second-order valence-electron chi connectivity index (χ2n) is 6.30. The number of carboxylic acids is 1. The van der Waals surface area contributed by atoms with Crippen molar-refractivity contribution >= 4 is 5.97 Å². The van der Waals surface area contributed by atoms with Gasteiger partial charge in [0.15, 0.2) is 0 Å². The summed E-state index contributed by atoms with van der Waals surface area (Å²) in [4.78, 5) is 11.3. The number of aliphatic carboxylic acids is 1. The Morgan fingerprint density at radius 1 is 0.857 bits per heavy atom. The van der Waals surface area contributed by atoms with Crippen LogP contribution in [0.15, 0.2) is 0 Å². The number of carbonyl (C=O) groups is 1. The Balaban J connectivity index is 1.75. The van der Waals surface area contributed by atoms with Crippen molar-refractivity contribution in [1.29, 1.82) is 0 Å². The van der Waals surface area contributed by atoms with Gasteiger partial charge in [0, 0.05) is 0 Å². The fraction of sp³-hybridized carbons (Fsp3) is 0.917. The third-order valence-corrected chi connectivity index (χ3v) is 6.61. The predicted octanol–water partition coefficient (Wildman–Crippen LogP) is 1.47. The Morgan fingerprint density at radius 3 is 2.21 bits per heavy atom. The summed E-state index contributed by atoms with van der Waals surface area (Å²) in [7, 11) is 0. The molecule has 74 valence electrons. The minimum atomic E-state index is -0.469. The molecule has 5 aliphatic rings. The van der Waals surface area contributed by atoms with E-state index in [0.717, 1.165) is 35.5 Å². The van der Waals surface area contributed by atoms with Gasteiger partial charge in [-0.1, -0.05) is 0 Å². The molecule has 0 radical (unpaired) electrons. The molecule has 5 aliphatic carbocycles. The molecular weight excluding hydrogens is 176 g/mol. The number of rotatable bonds is 1. The zero-order valence-electron chi connectivity index (χ0n) is 7.97. The summed E-state index contributed by atoms with van der Waals surface area (Å²) in [5.41, 5.74) is 0. The molecule has 0 unspecified atom stereocenters. The molecule has 0 spiro atoms. The summed E-state index contributed by atoms with van der Waals surface area (Å²) in [5, 5.41) is 9.33. The van der Waals surface area contributed by atoms with E-state index < -0.39 is 5.97 Å². The highest BCUT2D eigenvalue weighted by Crippen LogP contribution is 2.84. The first-order chi connectivity index (χ1) is 6.79. The van der Waals surface area contributed by atoms with Crippen LogP contribution in [-0.2, 0) is 4.79 Å². The largest absolute Gasteiger partial charge is 0.481 e. The summed E-state index contributed by atoms with van der Waals surface area (Å²) in [6, 6.07) is 0. The maximum absolute atomic E-state index is 11.3. The van der Waals surface area contributed by atoms with Gasteiger partial charge in [0.25, 0.3) is 0 Å². The molecule has 0 aromatic heterocycles. The van der Waals surface area contributed by atoms with E-state index in [2.05, 4.69) is 0 Å². The first-order valence-electron chi connectivity index (χ1n) is 6.02. The quantitative estimate of drug-likeness (QED) is 0.679. The van der Waals surface area contributed by atoms with Crippen molar-refractivity contribution in [3.05, 3.63) is 0 Å². The van der Waals surface area contributed by atoms with Crippen molar-refractivity contribution < 1.29 is 9.90 Å². The van der Waals surface area contributed by atoms with Crippen LogP contribution in [0, 0.1) is 53.3 Å². The number of fused-ring (bicyclic) bond motifs is 2. The average Bonchev–Trinajstić information content (AvgIpc) is 2.60. The van der Waals surface area contributed by atoms with Crippen molar-refractivity contribution in [2.75, 3.05) is 0 Å². The number of hydrogen-bond donors (Lipinski definition) is 1. The van der Waals surface area contributed by atoms with Crippen molar-refractivity contribution in [2.24, 2.45) is 53.3 Å². The second kappa shape index (κ2) is 1.66. The molecule has 0 amide bonds. The highest BCUT2D eigenvalue weighted by molar-refractivity contribution is 5.73. The SMILES string of the molecule is O=C(O)[C@@H]1[C@@H]2[C@@H]3C[C@@H]4[C@@H]5[C@H]3C[C@H]2[C@@H]5[C@H]41. The third-order valence-electron chi connectivity index (χ3n) is 6.61. The fourth-order valence-corrected chi connectivity index (χ4v) is 6.80. The molecule has 2 nitrogen and oxygen atoms in total. The van der Waals surface area contributed by atoms with Gasteiger partial charge in [0.1, 0.15) is 0 Å². The van der Waals surface area contributed by atoms with Gasteiger partial charge >= 0.3 is 5.97 Å². The smallest absolute Gasteiger partial charge is 0.307 e. The van der Waals surface area contributed by atoms with E-state index in [9.17, 15) is 9.90 Å². The van der Waals surface area contributed by atoms with Gasteiger partial charge in [0.05, 0.1) is 5.92 Å². The Hall–Kier alpha value is -0.530. The van der Waals surface area contributed by atoms with Crippen LogP contribution < -0.4 is 0 Å². The van der Waals surface area contributed by atoms with Crippen molar-refractivity contribution in [3.63, 3.8) is 0 Å². The minimum absolute atomic E-state index is 0.0810. The lowest BCUT2D eigenvalue weighted by molar-refractivity contribution is -0.150. The molecule has 5 fully saturated rings. The summed E-state index contributed by atoms with van der Waals surface area (Å²) in [6.07, 6.45) is 2.81. The molecule has 5 saturated carbocycles. The normalized spacial score (nSPS) is 74.4. The molecule has 14 heavy (non-hydrogen) atoms. The highest BCUT2D eigenvalue weighted by atomic mass is 16.4. The van der Waals surface area contributed by atoms with Crippen molar-refractivity contribution in [2.45, 2.75) is 12.8 Å². The Morgan fingerprint density at radius 2 is 1.50 bits per heavy atom. The molecule has 1 N–H and O–H groups in total. The maximum Gasteiger partial charge on any atom is 0.307 e. The summed E-state index contributed by atoms with van der Waals surface area (Å²) >= 11 is 0. The van der Waals surface area contributed by atoms with E-state index >= 15 is 0 Å². The third kappa shape index (κ3) is 0.409. The molecule has 2 bridgehead atoms. The van der Waals surface area contributed by atoms with Gasteiger partial charge < -0.3 is 5.11 Å². The van der Waals surface area contributed by atoms with E-state index in [1.165, 1.54) is 12.8 Å². The lowest BCUT2D eigenvalue weighted by atomic mass is 9.57. The number of carboxylic acid groups (broad SMARTS) is 1. The number of hydrogen-bond acceptors (Lipinski definition) is 1. The summed E-state index contributed by atoms with van der Waals surface area (Å²) in [5.74, 6) is 6.22. The first-order valence-corrected chi connectivity index (χ1v) is 6.02. The monoisotopic (exact) mass is 190 g/mol. The lowest BCUT2D eigenvalue weighted by Gasteiger charge is -2.46. The van der Waals surface area contributed by atoms with Crippen LogP contribution in [0.25, 0.3) is 0 Å². The van der Waals surface area contributed by atoms with Gasteiger partial charge in [-0.2, -0.15) is 0 Å². The van der Waals surface area contributed by atoms with Crippen LogP contribution in [0.4, 0.5) is 0 Å². The molecular formula is C12H14O2. The van der Waals surface area contributed by atoms with Crippen molar-refractivity contribution in [3.8, 4) is 0 Å². The van der Waals surface area contributed by atoms with Gasteiger partial charge in [-0.25, -0.2) is 0 Å². The van der Waals surface area contributed by atoms with Crippen LogP contribution in [-0.4, -0.2) is 11.1 Å². The highest BCUT2D eigenvalue weighted by Gasteiger charge is 2.81.